The molecule has 0 saturated carbocycles. The first-order valence-corrected chi connectivity index (χ1v) is 5.82. The molecular weight excluding hydrogens is 192 g/mol. The van der Waals surface area contributed by atoms with Crippen molar-refractivity contribution in [2.24, 2.45) is 0 Å². The van der Waals surface area contributed by atoms with Crippen LogP contribution in [0.5, 0.6) is 0 Å². The van der Waals surface area contributed by atoms with E-state index < -0.39 is 0 Å². The summed E-state index contributed by atoms with van der Waals surface area (Å²) in [6.07, 6.45) is 0. The molecule has 76 valence electrons. The van der Waals surface area contributed by atoms with Crippen LogP contribution in [-0.4, -0.2) is 30.5 Å². The van der Waals surface area contributed by atoms with Crippen LogP contribution in [0.15, 0.2) is 29.2 Å². The molecule has 0 amide bonds. The number of hydrogen-bond donors (Lipinski definition) is 1. The fourth-order valence-electron chi connectivity index (χ4n) is 1.48. The van der Waals surface area contributed by atoms with Crippen LogP contribution in [0.25, 0.3) is 0 Å². The molecule has 1 heterocycles. The number of nitrogens with zero attached hydrogens (tertiary/aromatic N) is 1. The number of hydrogen-bond acceptors (Lipinski definition) is 3. The Hall–Kier alpha value is -0.510. The Balaban J connectivity index is 1.92. The quantitative estimate of drug-likeness (QED) is 0.747. The van der Waals surface area contributed by atoms with Gasteiger partial charge in [-0.3, -0.25) is 0 Å². The Kier molecular flexibility index (Phi) is 3.45. The van der Waals surface area contributed by atoms with Gasteiger partial charge in [-0.2, -0.15) is 0 Å². The van der Waals surface area contributed by atoms with Crippen LogP contribution in [0.1, 0.15) is 5.56 Å². The van der Waals surface area contributed by atoms with E-state index in [2.05, 4.69) is 40.8 Å². The lowest BCUT2D eigenvalue weighted by Crippen LogP contribution is -2.39. The third-order valence-corrected chi connectivity index (χ3v) is 3.44. The molecule has 1 aromatic carbocycles. The Bertz CT molecular complexity index is 278. The summed E-state index contributed by atoms with van der Waals surface area (Å²) in [6.45, 7) is 6.62. The highest BCUT2D eigenvalue weighted by atomic mass is 32.2. The molecule has 0 atom stereocenters. The van der Waals surface area contributed by atoms with Crippen LogP contribution in [0.2, 0.25) is 0 Å². The van der Waals surface area contributed by atoms with Gasteiger partial charge in [-0.25, -0.2) is 4.31 Å². The second-order valence-electron chi connectivity index (χ2n) is 3.58. The third-order valence-electron chi connectivity index (χ3n) is 2.33. The average Bonchev–Trinajstić information content (AvgIpc) is 2.23. The van der Waals surface area contributed by atoms with Gasteiger partial charge >= 0.3 is 0 Å². The molecule has 2 rings (SSSR count). The summed E-state index contributed by atoms with van der Waals surface area (Å²) in [5.74, 6) is 0. The molecule has 0 spiro atoms. The number of piperazine rings is 1. The molecule has 2 nitrogen and oxygen atoms in total. The van der Waals surface area contributed by atoms with Crippen molar-refractivity contribution >= 4 is 11.9 Å². The van der Waals surface area contributed by atoms with E-state index in [1.807, 2.05) is 11.9 Å². The minimum atomic E-state index is 1.11. The van der Waals surface area contributed by atoms with Gasteiger partial charge in [-0.15, -0.1) is 0 Å². The van der Waals surface area contributed by atoms with Gasteiger partial charge in [0, 0.05) is 31.1 Å². The summed E-state index contributed by atoms with van der Waals surface area (Å²) < 4.78 is 2.42. The summed E-state index contributed by atoms with van der Waals surface area (Å²) in [4.78, 5) is 1.34. The van der Waals surface area contributed by atoms with E-state index in [1.54, 1.807) is 0 Å². The fraction of sp³-hybridized carbons (Fsp3) is 0.455. The van der Waals surface area contributed by atoms with Gasteiger partial charge in [0.05, 0.1) is 0 Å². The van der Waals surface area contributed by atoms with Gasteiger partial charge in [-0.1, -0.05) is 17.7 Å². The standard InChI is InChI=1S/C11H16N2S/c1-10-2-4-11(5-3-10)14-13-8-6-12-7-9-13/h2-5,12H,6-9H2,1H3. The third kappa shape index (κ3) is 2.74. The molecular formula is C11H16N2S. The predicted octanol–water partition coefficient (Wildman–Crippen LogP) is 1.91. The van der Waals surface area contributed by atoms with E-state index in [9.17, 15) is 0 Å². The SMILES string of the molecule is Cc1ccc(SN2CCNCC2)cc1. The van der Waals surface area contributed by atoms with Crippen molar-refractivity contribution in [2.75, 3.05) is 26.2 Å². The number of aryl methyl sites for hydroxylation is 1. The van der Waals surface area contributed by atoms with E-state index in [0.717, 1.165) is 26.2 Å². The smallest absolute Gasteiger partial charge is 0.0230 e. The van der Waals surface area contributed by atoms with Crippen LogP contribution in [0, 0.1) is 6.92 Å². The minimum Gasteiger partial charge on any atom is -0.314 e. The second kappa shape index (κ2) is 4.82. The number of rotatable bonds is 2. The maximum absolute atomic E-state index is 3.35. The maximum atomic E-state index is 3.35. The molecule has 1 N–H and O–H groups in total. The molecule has 14 heavy (non-hydrogen) atoms. The first kappa shape index (κ1) is 10.0. The van der Waals surface area contributed by atoms with Crippen LogP contribution in [0.4, 0.5) is 0 Å². The van der Waals surface area contributed by atoms with Crippen LogP contribution >= 0.6 is 11.9 Å². The van der Waals surface area contributed by atoms with Gasteiger partial charge in [0.1, 0.15) is 0 Å². The highest BCUT2D eigenvalue weighted by Gasteiger charge is 2.10. The monoisotopic (exact) mass is 208 g/mol. The Morgan fingerprint density at radius 2 is 1.79 bits per heavy atom. The second-order valence-corrected chi connectivity index (χ2v) is 4.75. The first-order chi connectivity index (χ1) is 6.84. The largest absolute Gasteiger partial charge is 0.314 e. The summed E-state index contributed by atoms with van der Waals surface area (Å²) in [5.41, 5.74) is 1.33. The van der Waals surface area contributed by atoms with E-state index in [-0.39, 0.29) is 0 Å². The minimum absolute atomic E-state index is 1.11. The van der Waals surface area contributed by atoms with Crippen molar-refractivity contribution in [3.8, 4) is 0 Å². The van der Waals surface area contributed by atoms with Crippen molar-refractivity contribution in [3.63, 3.8) is 0 Å². The zero-order valence-corrected chi connectivity index (χ0v) is 9.31. The normalized spacial score (nSPS) is 18.4. The number of benzene rings is 1. The molecule has 0 aromatic heterocycles. The fourth-order valence-corrected chi connectivity index (χ4v) is 2.40. The molecule has 1 aromatic rings. The maximum Gasteiger partial charge on any atom is 0.0230 e. The zero-order chi connectivity index (χ0) is 9.80. The van der Waals surface area contributed by atoms with E-state index >= 15 is 0 Å². The first-order valence-electron chi connectivity index (χ1n) is 5.05. The van der Waals surface area contributed by atoms with Gasteiger partial charge in [0.25, 0.3) is 0 Å². The lowest BCUT2D eigenvalue weighted by molar-refractivity contribution is 0.396. The zero-order valence-electron chi connectivity index (χ0n) is 8.49. The lowest BCUT2D eigenvalue weighted by Gasteiger charge is -2.25. The van der Waals surface area contributed by atoms with E-state index in [0.29, 0.717) is 0 Å². The van der Waals surface area contributed by atoms with Crippen molar-refractivity contribution in [1.82, 2.24) is 9.62 Å². The van der Waals surface area contributed by atoms with E-state index in [1.165, 1.54) is 10.5 Å². The molecule has 1 aliphatic rings. The number of nitrogens with one attached hydrogen (secondary N) is 1. The Morgan fingerprint density at radius 3 is 2.43 bits per heavy atom. The predicted molar refractivity (Wildman–Crippen MR) is 61.5 cm³/mol. The molecule has 1 fully saturated rings. The Labute approximate surface area is 89.8 Å². The van der Waals surface area contributed by atoms with Gasteiger partial charge in [0.15, 0.2) is 0 Å². The highest BCUT2D eigenvalue weighted by Crippen LogP contribution is 2.22. The molecule has 0 bridgehead atoms. The van der Waals surface area contributed by atoms with Gasteiger partial charge in [-0.05, 0) is 31.0 Å². The Morgan fingerprint density at radius 1 is 1.14 bits per heavy atom. The van der Waals surface area contributed by atoms with Crippen LogP contribution < -0.4 is 5.32 Å². The summed E-state index contributed by atoms with van der Waals surface area (Å²) in [6, 6.07) is 8.74. The van der Waals surface area contributed by atoms with E-state index in [4.69, 9.17) is 0 Å². The molecule has 0 aliphatic carbocycles. The van der Waals surface area contributed by atoms with Crippen molar-refractivity contribution < 1.29 is 0 Å². The molecule has 1 aliphatic heterocycles. The van der Waals surface area contributed by atoms with Crippen LogP contribution in [0.3, 0.4) is 0 Å². The van der Waals surface area contributed by atoms with Crippen molar-refractivity contribution in [1.29, 1.82) is 0 Å². The highest BCUT2D eigenvalue weighted by molar-refractivity contribution is 7.97. The summed E-state index contributed by atoms with van der Waals surface area (Å²) in [5, 5.41) is 3.35. The molecule has 0 unspecified atom stereocenters. The molecule has 3 heteroatoms. The van der Waals surface area contributed by atoms with Crippen LogP contribution in [-0.2, 0) is 0 Å². The topological polar surface area (TPSA) is 15.3 Å². The van der Waals surface area contributed by atoms with Gasteiger partial charge < -0.3 is 5.32 Å². The summed E-state index contributed by atoms with van der Waals surface area (Å²) in [7, 11) is 0. The average molecular weight is 208 g/mol. The summed E-state index contributed by atoms with van der Waals surface area (Å²) >= 11 is 1.87. The van der Waals surface area contributed by atoms with Gasteiger partial charge in [0.2, 0.25) is 0 Å². The molecule has 1 saturated heterocycles. The van der Waals surface area contributed by atoms with Crippen molar-refractivity contribution in [3.05, 3.63) is 29.8 Å². The molecule has 0 radical (unpaired) electrons. The van der Waals surface area contributed by atoms with Crippen molar-refractivity contribution in [2.45, 2.75) is 11.8 Å². The lowest BCUT2D eigenvalue weighted by atomic mass is 10.2.